The molecule has 1 aromatic carbocycles. The molecule has 2 aromatic rings. The molecule has 2 nitrogen and oxygen atoms in total. The van der Waals surface area contributed by atoms with E-state index in [1.807, 2.05) is 12.1 Å². The molecule has 1 unspecified atom stereocenters. The minimum atomic E-state index is 0.0844. The second-order valence-electron chi connectivity index (χ2n) is 4.73. The van der Waals surface area contributed by atoms with Crippen molar-refractivity contribution in [3.05, 3.63) is 56.2 Å². The lowest BCUT2D eigenvalue weighted by Gasteiger charge is -2.28. The zero-order chi connectivity index (χ0) is 14.5. The van der Waals surface area contributed by atoms with Crippen LogP contribution in [0.15, 0.2) is 35.7 Å². The number of nitrogens with zero attached hydrogens (tertiary/aromatic N) is 1. The highest BCUT2D eigenvalue weighted by Crippen LogP contribution is 2.29. The summed E-state index contributed by atoms with van der Waals surface area (Å²) in [5, 5.41) is 3.51. The van der Waals surface area contributed by atoms with Gasteiger partial charge in [0.2, 0.25) is 0 Å². The third-order valence-corrected chi connectivity index (χ3v) is 4.88. The van der Waals surface area contributed by atoms with E-state index in [0.29, 0.717) is 16.6 Å². The molecule has 0 aliphatic carbocycles. The Morgan fingerprint density at radius 3 is 2.75 bits per heavy atom. The van der Waals surface area contributed by atoms with Gasteiger partial charge in [-0.25, -0.2) is 0 Å². The van der Waals surface area contributed by atoms with Crippen LogP contribution in [0.2, 0.25) is 10.0 Å². The molecule has 1 atom stereocenters. The Morgan fingerprint density at radius 2 is 2.10 bits per heavy atom. The van der Waals surface area contributed by atoms with Gasteiger partial charge in [0.05, 0.1) is 0 Å². The number of nitrogens with two attached hydrogens (primary N) is 1. The molecular weight excluding hydrogens is 311 g/mol. The van der Waals surface area contributed by atoms with Gasteiger partial charge in [0.25, 0.3) is 0 Å². The van der Waals surface area contributed by atoms with Crippen molar-refractivity contribution in [2.24, 2.45) is 5.73 Å². The molecule has 0 spiro atoms. The molecule has 1 heterocycles. The molecule has 2 N–H and O–H groups in total. The summed E-state index contributed by atoms with van der Waals surface area (Å²) in [6, 6.07) is 9.85. The van der Waals surface area contributed by atoms with E-state index in [2.05, 4.69) is 29.5 Å². The van der Waals surface area contributed by atoms with Crippen molar-refractivity contribution in [2.45, 2.75) is 12.5 Å². The van der Waals surface area contributed by atoms with Crippen LogP contribution >= 0.6 is 34.5 Å². The molecule has 0 bridgehead atoms. The average Bonchev–Trinajstić information content (AvgIpc) is 2.94. The quantitative estimate of drug-likeness (QED) is 0.859. The first-order chi connectivity index (χ1) is 9.61. The first-order valence-corrected chi connectivity index (χ1v) is 8.13. The first kappa shape index (κ1) is 15.8. The Labute approximate surface area is 134 Å². The van der Waals surface area contributed by atoms with Gasteiger partial charge in [-0.05, 0) is 48.7 Å². The lowest BCUT2D eigenvalue weighted by Crippen LogP contribution is -2.32. The Hall–Kier alpha value is -0.580. The fraction of sp³-hybridized carbons (Fsp3) is 0.333. The van der Waals surface area contributed by atoms with Gasteiger partial charge in [-0.1, -0.05) is 29.3 Å². The summed E-state index contributed by atoms with van der Waals surface area (Å²) < 4.78 is 0. The Bertz CT molecular complexity index is 543. The topological polar surface area (TPSA) is 29.3 Å². The molecule has 0 saturated heterocycles. The van der Waals surface area contributed by atoms with Gasteiger partial charge in [0, 0.05) is 34.1 Å². The van der Waals surface area contributed by atoms with E-state index >= 15 is 0 Å². The van der Waals surface area contributed by atoms with Crippen molar-refractivity contribution in [1.29, 1.82) is 0 Å². The number of likely N-dealkylation sites (N-methyl/N-ethyl adjacent to an activating group) is 1. The van der Waals surface area contributed by atoms with Crippen molar-refractivity contribution in [3.8, 4) is 0 Å². The standard InChI is InChI=1S/C15H18Cl2N2S/c1-19(7-6-12-3-2-8-20-12)15(10-18)13-9-11(16)4-5-14(13)17/h2-5,8-9,15H,6-7,10,18H2,1H3. The molecule has 1 aromatic heterocycles. The number of hydrogen-bond acceptors (Lipinski definition) is 3. The molecule has 0 fully saturated rings. The number of rotatable bonds is 6. The Kier molecular flexibility index (Phi) is 5.87. The van der Waals surface area contributed by atoms with E-state index in [-0.39, 0.29) is 6.04 Å². The molecule has 0 saturated carbocycles. The Balaban J connectivity index is 2.08. The van der Waals surface area contributed by atoms with E-state index in [0.717, 1.165) is 18.5 Å². The minimum absolute atomic E-state index is 0.0844. The van der Waals surface area contributed by atoms with Crippen LogP contribution < -0.4 is 5.73 Å². The van der Waals surface area contributed by atoms with Crippen molar-refractivity contribution >= 4 is 34.5 Å². The summed E-state index contributed by atoms with van der Waals surface area (Å²) in [6.07, 6.45) is 1.02. The van der Waals surface area contributed by atoms with Gasteiger partial charge in [0.15, 0.2) is 0 Å². The maximum absolute atomic E-state index is 6.27. The summed E-state index contributed by atoms with van der Waals surface area (Å²) in [7, 11) is 2.07. The second kappa shape index (κ2) is 7.43. The summed E-state index contributed by atoms with van der Waals surface area (Å²) >= 11 is 14.1. The van der Waals surface area contributed by atoms with E-state index < -0.39 is 0 Å². The molecule has 0 radical (unpaired) electrons. The zero-order valence-electron chi connectivity index (χ0n) is 11.4. The van der Waals surface area contributed by atoms with Crippen LogP contribution in [0, 0.1) is 0 Å². The fourth-order valence-electron chi connectivity index (χ4n) is 2.21. The SMILES string of the molecule is CN(CCc1cccs1)C(CN)c1cc(Cl)ccc1Cl. The van der Waals surface area contributed by atoms with Crippen LogP contribution in [0.1, 0.15) is 16.5 Å². The predicted octanol–water partition coefficient (Wildman–Crippen LogP) is 4.23. The van der Waals surface area contributed by atoms with Crippen LogP contribution in [0.25, 0.3) is 0 Å². The smallest absolute Gasteiger partial charge is 0.0482 e. The minimum Gasteiger partial charge on any atom is -0.329 e. The summed E-state index contributed by atoms with van der Waals surface area (Å²) in [6.45, 7) is 1.45. The molecule has 0 aliphatic heterocycles. The van der Waals surface area contributed by atoms with Crippen LogP contribution in [-0.2, 0) is 6.42 Å². The number of halogens is 2. The van der Waals surface area contributed by atoms with Gasteiger partial charge >= 0.3 is 0 Å². The summed E-state index contributed by atoms with van der Waals surface area (Å²) in [4.78, 5) is 3.61. The zero-order valence-corrected chi connectivity index (χ0v) is 13.7. The van der Waals surface area contributed by atoms with Crippen molar-refractivity contribution in [3.63, 3.8) is 0 Å². The highest BCUT2D eigenvalue weighted by Gasteiger charge is 2.18. The molecule has 0 amide bonds. The van der Waals surface area contributed by atoms with Crippen LogP contribution in [0.5, 0.6) is 0 Å². The predicted molar refractivity (Wildman–Crippen MR) is 88.9 cm³/mol. The van der Waals surface area contributed by atoms with Crippen LogP contribution in [-0.4, -0.2) is 25.0 Å². The maximum Gasteiger partial charge on any atom is 0.0482 e. The largest absolute Gasteiger partial charge is 0.329 e. The highest BCUT2D eigenvalue weighted by molar-refractivity contribution is 7.09. The third kappa shape index (κ3) is 3.96. The molecule has 2 rings (SSSR count). The lowest BCUT2D eigenvalue weighted by molar-refractivity contribution is 0.254. The number of hydrogen-bond donors (Lipinski definition) is 1. The van der Waals surface area contributed by atoms with Crippen LogP contribution in [0.3, 0.4) is 0 Å². The molecule has 108 valence electrons. The molecule has 5 heteroatoms. The Morgan fingerprint density at radius 1 is 1.30 bits per heavy atom. The van der Waals surface area contributed by atoms with Gasteiger partial charge < -0.3 is 5.73 Å². The molecule has 20 heavy (non-hydrogen) atoms. The fourth-order valence-corrected chi connectivity index (χ4v) is 3.33. The number of thiophene rings is 1. The van der Waals surface area contributed by atoms with E-state index in [1.54, 1.807) is 17.4 Å². The summed E-state index contributed by atoms with van der Waals surface area (Å²) in [5.74, 6) is 0. The van der Waals surface area contributed by atoms with E-state index in [1.165, 1.54) is 4.88 Å². The summed E-state index contributed by atoms with van der Waals surface area (Å²) in [5.41, 5.74) is 6.93. The van der Waals surface area contributed by atoms with E-state index in [9.17, 15) is 0 Å². The van der Waals surface area contributed by atoms with E-state index in [4.69, 9.17) is 28.9 Å². The second-order valence-corrected chi connectivity index (χ2v) is 6.60. The van der Waals surface area contributed by atoms with Crippen molar-refractivity contribution < 1.29 is 0 Å². The van der Waals surface area contributed by atoms with Crippen molar-refractivity contribution in [1.82, 2.24) is 4.90 Å². The molecular formula is C15H18Cl2N2S. The molecule has 0 aliphatic rings. The third-order valence-electron chi connectivity index (χ3n) is 3.36. The van der Waals surface area contributed by atoms with Gasteiger partial charge in [-0.2, -0.15) is 0 Å². The van der Waals surface area contributed by atoms with Crippen molar-refractivity contribution in [2.75, 3.05) is 20.1 Å². The van der Waals surface area contributed by atoms with Gasteiger partial charge in [-0.15, -0.1) is 11.3 Å². The maximum atomic E-state index is 6.27. The van der Waals surface area contributed by atoms with Crippen LogP contribution in [0.4, 0.5) is 0 Å². The lowest BCUT2D eigenvalue weighted by atomic mass is 10.1. The van der Waals surface area contributed by atoms with Gasteiger partial charge in [-0.3, -0.25) is 4.90 Å². The first-order valence-electron chi connectivity index (χ1n) is 6.49. The number of benzene rings is 1. The normalized spacial score (nSPS) is 12.8. The average molecular weight is 329 g/mol. The highest BCUT2D eigenvalue weighted by atomic mass is 35.5. The monoisotopic (exact) mass is 328 g/mol. The van der Waals surface area contributed by atoms with Gasteiger partial charge in [0.1, 0.15) is 0 Å².